The van der Waals surface area contributed by atoms with Gasteiger partial charge in [-0.15, -0.1) is 11.3 Å². The van der Waals surface area contributed by atoms with Crippen molar-refractivity contribution >= 4 is 23.1 Å². The van der Waals surface area contributed by atoms with Crippen molar-refractivity contribution in [3.8, 4) is 0 Å². The number of aromatic nitrogens is 1. The van der Waals surface area contributed by atoms with Crippen molar-refractivity contribution in [3.63, 3.8) is 0 Å². The highest BCUT2D eigenvalue weighted by Crippen LogP contribution is 2.35. The summed E-state index contributed by atoms with van der Waals surface area (Å²) >= 11 is 1.72. The largest absolute Gasteiger partial charge is 0.478 e. The summed E-state index contributed by atoms with van der Waals surface area (Å²) in [6.45, 7) is 0. The van der Waals surface area contributed by atoms with Crippen LogP contribution in [-0.2, 0) is 6.42 Å². The highest BCUT2D eigenvalue weighted by molar-refractivity contribution is 7.10. The van der Waals surface area contributed by atoms with Gasteiger partial charge in [0.2, 0.25) is 0 Å². The molecule has 0 saturated carbocycles. The number of aromatic carboxylic acids is 1. The van der Waals surface area contributed by atoms with Gasteiger partial charge in [-0.05, 0) is 42.3 Å². The third-order valence-corrected chi connectivity index (χ3v) is 4.44. The Morgan fingerprint density at radius 1 is 1.55 bits per heavy atom. The van der Waals surface area contributed by atoms with Crippen LogP contribution in [0.4, 0.5) is 10.2 Å². The maximum absolute atomic E-state index is 13.1. The Labute approximate surface area is 119 Å². The van der Waals surface area contributed by atoms with Crippen LogP contribution in [0.15, 0.2) is 23.7 Å². The monoisotopic (exact) mass is 292 g/mol. The molecule has 0 radical (unpaired) electrons. The average Bonchev–Trinajstić information content (AvgIpc) is 2.90. The molecule has 0 spiro atoms. The number of carboxylic acids is 1. The first kappa shape index (κ1) is 13.1. The number of rotatable bonds is 3. The lowest BCUT2D eigenvalue weighted by molar-refractivity contribution is 0.0697. The Morgan fingerprint density at radius 2 is 2.40 bits per heavy atom. The SMILES string of the molecule is O=C(O)c1cc(F)cnc1NC1CCCc2sccc21. The number of nitrogens with one attached hydrogen (secondary N) is 1. The van der Waals surface area contributed by atoms with Crippen molar-refractivity contribution in [3.05, 3.63) is 45.5 Å². The van der Waals surface area contributed by atoms with Gasteiger partial charge in [-0.25, -0.2) is 14.2 Å². The number of hydrogen-bond acceptors (Lipinski definition) is 4. The van der Waals surface area contributed by atoms with E-state index >= 15 is 0 Å². The number of anilines is 1. The molecule has 2 aromatic heterocycles. The van der Waals surface area contributed by atoms with Gasteiger partial charge in [-0.1, -0.05) is 0 Å². The van der Waals surface area contributed by atoms with Gasteiger partial charge in [0.1, 0.15) is 17.2 Å². The van der Waals surface area contributed by atoms with Gasteiger partial charge < -0.3 is 10.4 Å². The van der Waals surface area contributed by atoms with E-state index in [4.69, 9.17) is 5.11 Å². The summed E-state index contributed by atoms with van der Waals surface area (Å²) in [6, 6.07) is 3.09. The van der Waals surface area contributed by atoms with E-state index in [1.807, 2.05) is 5.38 Å². The summed E-state index contributed by atoms with van der Waals surface area (Å²) < 4.78 is 13.1. The molecule has 0 saturated heterocycles. The van der Waals surface area contributed by atoms with Crippen molar-refractivity contribution < 1.29 is 14.3 Å². The molecule has 0 bridgehead atoms. The van der Waals surface area contributed by atoms with E-state index in [2.05, 4.69) is 16.4 Å². The zero-order chi connectivity index (χ0) is 14.1. The Balaban J connectivity index is 1.92. The van der Waals surface area contributed by atoms with E-state index in [9.17, 15) is 9.18 Å². The van der Waals surface area contributed by atoms with E-state index in [1.54, 1.807) is 11.3 Å². The number of thiophene rings is 1. The smallest absolute Gasteiger partial charge is 0.339 e. The number of fused-ring (bicyclic) bond motifs is 1. The molecule has 2 N–H and O–H groups in total. The molecule has 0 aromatic carbocycles. The molecule has 1 aliphatic carbocycles. The third-order valence-electron chi connectivity index (χ3n) is 3.45. The van der Waals surface area contributed by atoms with Crippen LogP contribution in [0, 0.1) is 5.82 Å². The summed E-state index contributed by atoms with van der Waals surface area (Å²) in [5, 5.41) is 14.3. The summed E-state index contributed by atoms with van der Waals surface area (Å²) in [5.74, 6) is -1.60. The van der Waals surface area contributed by atoms with Crippen molar-refractivity contribution in [1.82, 2.24) is 4.98 Å². The van der Waals surface area contributed by atoms with E-state index in [0.717, 1.165) is 31.5 Å². The first-order valence-electron chi connectivity index (χ1n) is 6.37. The Morgan fingerprint density at radius 3 is 3.20 bits per heavy atom. The molecular weight excluding hydrogens is 279 g/mol. The van der Waals surface area contributed by atoms with Crippen LogP contribution in [-0.4, -0.2) is 16.1 Å². The fourth-order valence-electron chi connectivity index (χ4n) is 2.52. The van der Waals surface area contributed by atoms with Crippen molar-refractivity contribution in [2.45, 2.75) is 25.3 Å². The summed E-state index contributed by atoms with van der Waals surface area (Å²) in [4.78, 5) is 16.4. The van der Waals surface area contributed by atoms with Crippen LogP contribution in [0.1, 0.15) is 39.7 Å². The second-order valence-electron chi connectivity index (χ2n) is 4.74. The Kier molecular flexibility index (Phi) is 3.40. The second-order valence-corrected chi connectivity index (χ2v) is 5.74. The fourth-order valence-corrected chi connectivity index (χ4v) is 3.51. The molecule has 0 fully saturated rings. The standard InChI is InChI=1S/C14H13FN2O2S/c15-8-6-10(14(18)19)13(16-7-8)17-11-2-1-3-12-9(11)4-5-20-12/h4-7,11H,1-3H2,(H,16,17)(H,18,19). The number of halogens is 1. The molecule has 20 heavy (non-hydrogen) atoms. The topological polar surface area (TPSA) is 62.2 Å². The van der Waals surface area contributed by atoms with Crippen molar-refractivity contribution in [1.29, 1.82) is 0 Å². The zero-order valence-electron chi connectivity index (χ0n) is 10.6. The molecule has 1 aliphatic rings. The van der Waals surface area contributed by atoms with Crippen LogP contribution in [0.3, 0.4) is 0 Å². The minimum Gasteiger partial charge on any atom is -0.478 e. The molecule has 0 amide bonds. The van der Waals surface area contributed by atoms with E-state index in [1.165, 1.54) is 10.4 Å². The Bertz CT molecular complexity index is 656. The number of aryl methyl sites for hydroxylation is 1. The quantitative estimate of drug-likeness (QED) is 0.909. The van der Waals surface area contributed by atoms with Crippen molar-refractivity contribution in [2.75, 3.05) is 5.32 Å². The van der Waals surface area contributed by atoms with E-state index in [-0.39, 0.29) is 17.4 Å². The highest BCUT2D eigenvalue weighted by Gasteiger charge is 2.23. The lowest BCUT2D eigenvalue weighted by Crippen LogP contribution is -2.18. The summed E-state index contributed by atoms with van der Waals surface area (Å²) in [5.41, 5.74) is 1.07. The lowest BCUT2D eigenvalue weighted by atomic mass is 9.94. The number of pyridine rings is 1. The van der Waals surface area contributed by atoms with Gasteiger partial charge in [0.15, 0.2) is 0 Å². The molecule has 3 rings (SSSR count). The predicted molar refractivity (Wildman–Crippen MR) is 74.8 cm³/mol. The maximum atomic E-state index is 13.1. The number of nitrogens with zero attached hydrogens (tertiary/aromatic N) is 1. The first-order valence-corrected chi connectivity index (χ1v) is 7.25. The maximum Gasteiger partial charge on any atom is 0.339 e. The van der Waals surface area contributed by atoms with Crippen LogP contribution in [0.25, 0.3) is 0 Å². The molecule has 104 valence electrons. The molecule has 1 atom stereocenters. The van der Waals surface area contributed by atoms with Gasteiger partial charge in [-0.3, -0.25) is 0 Å². The van der Waals surface area contributed by atoms with Gasteiger partial charge in [0.05, 0.1) is 12.2 Å². The molecule has 1 unspecified atom stereocenters. The number of carbonyl (C=O) groups is 1. The number of carboxylic acid groups (broad SMARTS) is 1. The molecule has 4 nitrogen and oxygen atoms in total. The minimum absolute atomic E-state index is 0.0426. The van der Waals surface area contributed by atoms with Crippen LogP contribution >= 0.6 is 11.3 Å². The normalized spacial score (nSPS) is 17.6. The van der Waals surface area contributed by atoms with Crippen molar-refractivity contribution in [2.24, 2.45) is 0 Å². The fraction of sp³-hybridized carbons (Fsp3) is 0.286. The molecule has 0 aliphatic heterocycles. The molecular formula is C14H13FN2O2S. The summed E-state index contributed by atoms with van der Waals surface area (Å²) in [7, 11) is 0. The molecule has 2 heterocycles. The molecule has 2 aromatic rings. The predicted octanol–water partition coefficient (Wildman–Crippen LogP) is 3.47. The Hall–Kier alpha value is -1.95. The van der Waals surface area contributed by atoms with Crippen LogP contribution < -0.4 is 5.32 Å². The minimum atomic E-state index is -1.18. The zero-order valence-corrected chi connectivity index (χ0v) is 11.4. The highest BCUT2D eigenvalue weighted by atomic mass is 32.1. The second kappa shape index (κ2) is 5.20. The van der Waals surface area contributed by atoms with Crippen LogP contribution in [0.5, 0.6) is 0 Å². The van der Waals surface area contributed by atoms with E-state index in [0.29, 0.717) is 0 Å². The van der Waals surface area contributed by atoms with Gasteiger partial charge in [0.25, 0.3) is 0 Å². The van der Waals surface area contributed by atoms with Gasteiger partial charge in [-0.2, -0.15) is 0 Å². The van der Waals surface area contributed by atoms with Gasteiger partial charge in [0, 0.05) is 4.88 Å². The van der Waals surface area contributed by atoms with E-state index < -0.39 is 11.8 Å². The molecule has 6 heteroatoms. The first-order chi connectivity index (χ1) is 9.65. The lowest BCUT2D eigenvalue weighted by Gasteiger charge is -2.24. The third kappa shape index (κ3) is 2.38. The summed E-state index contributed by atoms with van der Waals surface area (Å²) in [6.07, 6.45) is 4.07. The van der Waals surface area contributed by atoms with Gasteiger partial charge >= 0.3 is 5.97 Å². The van der Waals surface area contributed by atoms with Crippen LogP contribution in [0.2, 0.25) is 0 Å². The average molecular weight is 292 g/mol. The number of hydrogen-bond donors (Lipinski definition) is 2.